The van der Waals surface area contributed by atoms with Crippen LogP contribution in [0.1, 0.15) is 48.9 Å². The molecule has 25 heavy (non-hydrogen) atoms. The maximum absolute atomic E-state index is 12.6. The van der Waals surface area contributed by atoms with Crippen LogP contribution in [0.15, 0.2) is 28.8 Å². The van der Waals surface area contributed by atoms with Gasteiger partial charge in [-0.3, -0.25) is 4.79 Å². The zero-order chi connectivity index (χ0) is 17.2. The molecule has 2 aromatic rings. The Bertz CT molecular complexity index is 753. The number of para-hydroxylation sites is 1. The minimum absolute atomic E-state index is 0.201. The maximum Gasteiger partial charge on any atom is 0.226 e. The highest BCUT2D eigenvalue weighted by Gasteiger charge is 2.28. The molecule has 1 fully saturated rings. The predicted octanol–water partition coefficient (Wildman–Crippen LogP) is 2.75. The third-order valence-electron chi connectivity index (χ3n) is 5.03. The lowest BCUT2D eigenvalue weighted by molar-refractivity contribution is -0.131. The number of fused-ring (bicyclic) bond motifs is 1. The van der Waals surface area contributed by atoms with Crippen molar-refractivity contribution in [2.24, 2.45) is 0 Å². The van der Waals surface area contributed by atoms with Gasteiger partial charge in [0.2, 0.25) is 11.8 Å². The summed E-state index contributed by atoms with van der Waals surface area (Å²) in [6, 6.07) is 8.31. The van der Waals surface area contributed by atoms with Gasteiger partial charge in [-0.1, -0.05) is 23.4 Å². The molecule has 0 radical (unpaired) electrons. The first-order valence-electron chi connectivity index (χ1n) is 9.10. The third-order valence-corrected chi connectivity index (χ3v) is 5.03. The van der Waals surface area contributed by atoms with Gasteiger partial charge in [0.1, 0.15) is 0 Å². The molecular formula is C19H24N4O2. The highest BCUT2D eigenvalue weighted by Crippen LogP contribution is 2.38. The SMILES string of the molecule is CN1CCN(C(=O)CCCc2nc(C3CC3)no2)Cc2ccccc21. The molecular weight excluding hydrogens is 316 g/mol. The van der Waals surface area contributed by atoms with Crippen molar-refractivity contribution >= 4 is 11.6 Å². The van der Waals surface area contributed by atoms with E-state index in [-0.39, 0.29) is 5.91 Å². The van der Waals surface area contributed by atoms with Crippen molar-refractivity contribution in [3.8, 4) is 0 Å². The summed E-state index contributed by atoms with van der Waals surface area (Å²) in [7, 11) is 2.08. The average molecular weight is 340 g/mol. The minimum Gasteiger partial charge on any atom is -0.373 e. The molecule has 0 N–H and O–H groups in total. The first kappa shape index (κ1) is 16.1. The van der Waals surface area contributed by atoms with Gasteiger partial charge in [-0.25, -0.2) is 0 Å². The topological polar surface area (TPSA) is 62.5 Å². The second-order valence-corrected chi connectivity index (χ2v) is 7.04. The first-order valence-corrected chi connectivity index (χ1v) is 9.10. The molecule has 0 bridgehead atoms. The van der Waals surface area contributed by atoms with E-state index in [0.29, 0.717) is 31.2 Å². The van der Waals surface area contributed by atoms with Crippen LogP contribution in [0, 0.1) is 0 Å². The molecule has 1 saturated carbocycles. The van der Waals surface area contributed by atoms with Crippen LogP contribution in [0.25, 0.3) is 0 Å². The molecule has 2 aliphatic rings. The van der Waals surface area contributed by atoms with Gasteiger partial charge in [0.25, 0.3) is 0 Å². The van der Waals surface area contributed by atoms with Crippen LogP contribution in [0.5, 0.6) is 0 Å². The molecule has 1 aromatic heterocycles. The molecule has 6 nitrogen and oxygen atoms in total. The fourth-order valence-corrected chi connectivity index (χ4v) is 3.33. The number of carbonyl (C=O) groups is 1. The van der Waals surface area contributed by atoms with Gasteiger partial charge in [0.15, 0.2) is 5.82 Å². The molecule has 6 heteroatoms. The molecule has 4 rings (SSSR count). The Labute approximate surface area is 147 Å². The number of anilines is 1. The lowest BCUT2D eigenvalue weighted by Gasteiger charge is -2.21. The third kappa shape index (κ3) is 3.67. The summed E-state index contributed by atoms with van der Waals surface area (Å²) >= 11 is 0. The van der Waals surface area contributed by atoms with Gasteiger partial charge < -0.3 is 14.3 Å². The van der Waals surface area contributed by atoms with Crippen LogP contribution in [0.3, 0.4) is 0 Å². The summed E-state index contributed by atoms with van der Waals surface area (Å²) in [6.45, 7) is 2.30. The molecule has 1 aliphatic carbocycles. The summed E-state index contributed by atoms with van der Waals surface area (Å²) in [6.07, 6.45) is 4.28. The fraction of sp³-hybridized carbons (Fsp3) is 0.526. The number of hydrogen-bond acceptors (Lipinski definition) is 5. The van der Waals surface area contributed by atoms with E-state index in [0.717, 1.165) is 25.3 Å². The van der Waals surface area contributed by atoms with E-state index in [2.05, 4.69) is 34.2 Å². The summed E-state index contributed by atoms with van der Waals surface area (Å²) in [5.74, 6) is 2.21. The highest BCUT2D eigenvalue weighted by molar-refractivity contribution is 5.76. The normalized spacial score (nSPS) is 17.3. The molecule has 1 aliphatic heterocycles. The van der Waals surface area contributed by atoms with Crippen molar-refractivity contribution in [3.05, 3.63) is 41.5 Å². The van der Waals surface area contributed by atoms with Crippen molar-refractivity contribution in [1.82, 2.24) is 15.0 Å². The Balaban J connectivity index is 1.31. The quantitative estimate of drug-likeness (QED) is 0.837. The largest absolute Gasteiger partial charge is 0.373 e. The molecule has 1 amide bonds. The van der Waals surface area contributed by atoms with Gasteiger partial charge >= 0.3 is 0 Å². The number of likely N-dealkylation sites (N-methyl/N-ethyl adjacent to an activating group) is 1. The van der Waals surface area contributed by atoms with Gasteiger partial charge in [0, 0.05) is 51.1 Å². The number of carbonyl (C=O) groups excluding carboxylic acids is 1. The van der Waals surface area contributed by atoms with E-state index < -0.39 is 0 Å². The Hall–Kier alpha value is -2.37. The van der Waals surface area contributed by atoms with E-state index in [1.165, 1.54) is 24.1 Å². The second kappa shape index (κ2) is 6.86. The summed E-state index contributed by atoms with van der Waals surface area (Å²) in [4.78, 5) is 21.2. The highest BCUT2D eigenvalue weighted by atomic mass is 16.5. The van der Waals surface area contributed by atoms with Crippen LogP contribution >= 0.6 is 0 Å². The Morgan fingerprint density at radius 1 is 1.28 bits per heavy atom. The number of aromatic nitrogens is 2. The van der Waals surface area contributed by atoms with E-state index in [4.69, 9.17) is 4.52 Å². The fourth-order valence-electron chi connectivity index (χ4n) is 3.33. The molecule has 2 heterocycles. The number of amides is 1. The summed E-state index contributed by atoms with van der Waals surface area (Å²) in [5.41, 5.74) is 2.43. The van der Waals surface area contributed by atoms with Crippen molar-refractivity contribution in [2.75, 3.05) is 25.0 Å². The molecule has 0 atom stereocenters. The lowest BCUT2D eigenvalue weighted by Crippen LogP contribution is -2.34. The van der Waals surface area contributed by atoms with E-state index in [9.17, 15) is 4.79 Å². The standard InChI is InChI=1S/C19H24N4O2/c1-22-11-12-23(13-15-5-2-3-6-16(15)22)18(24)8-4-7-17-20-19(21-25-17)14-9-10-14/h2-3,5-6,14H,4,7-13H2,1H3. The van der Waals surface area contributed by atoms with Crippen LogP contribution in [-0.4, -0.2) is 41.1 Å². The number of hydrogen-bond donors (Lipinski definition) is 0. The van der Waals surface area contributed by atoms with Crippen molar-refractivity contribution < 1.29 is 9.32 Å². The summed E-state index contributed by atoms with van der Waals surface area (Å²) in [5, 5.41) is 4.02. The zero-order valence-corrected chi connectivity index (χ0v) is 14.6. The lowest BCUT2D eigenvalue weighted by atomic mass is 10.1. The number of aryl methyl sites for hydroxylation is 1. The van der Waals surface area contributed by atoms with Gasteiger partial charge in [-0.15, -0.1) is 0 Å². The van der Waals surface area contributed by atoms with Crippen LogP contribution in [0.2, 0.25) is 0 Å². The van der Waals surface area contributed by atoms with Crippen molar-refractivity contribution in [1.29, 1.82) is 0 Å². The van der Waals surface area contributed by atoms with E-state index in [1.807, 2.05) is 17.0 Å². The van der Waals surface area contributed by atoms with Gasteiger partial charge in [0.05, 0.1) is 0 Å². The maximum atomic E-state index is 12.6. The van der Waals surface area contributed by atoms with Crippen LogP contribution in [0.4, 0.5) is 5.69 Å². The Morgan fingerprint density at radius 2 is 2.12 bits per heavy atom. The smallest absolute Gasteiger partial charge is 0.226 e. The zero-order valence-electron chi connectivity index (χ0n) is 14.6. The average Bonchev–Trinajstić information content (AvgIpc) is 3.39. The molecule has 0 spiro atoms. The molecule has 132 valence electrons. The number of benzene rings is 1. The number of rotatable bonds is 5. The summed E-state index contributed by atoms with van der Waals surface area (Å²) < 4.78 is 5.28. The first-order chi connectivity index (χ1) is 12.2. The number of nitrogens with zero attached hydrogens (tertiary/aromatic N) is 4. The van der Waals surface area contributed by atoms with Gasteiger partial charge in [-0.2, -0.15) is 4.98 Å². The van der Waals surface area contributed by atoms with Crippen LogP contribution in [-0.2, 0) is 17.8 Å². The monoisotopic (exact) mass is 340 g/mol. The molecule has 0 unspecified atom stereocenters. The molecule has 1 aromatic carbocycles. The van der Waals surface area contributed by atoms with Crippen molar-refractivity contribution in [3.63, 3.8) is 0 Å². The van der Waals surface area contributed by atoms with Crippen molar-refractivity contribution in [2.45, 2.75) is 44.6 Å². The van der Waals surface area contributed by atoms with Gasteiger partial charge in [-0.05, 0) is 30.9 Å². The van der Waals surface area contributed by atoms with E-state index >= 15 is 0 Å². The van der Waals surface area contributed by atoms with Crippen LogP contribution < -0.4 is 4.90 Å². The second-order valence-electron chi connectivity index (χ2n) is 7.04. The Morgan fingerprint density at radius 3 is 2.96 bits per heavy atom. The predicted molar refractivity (Wildman–Crippen MR) is 94.3 cm³/mol. The molecule has 0 saturated heterocycles. The minimum atomic E-state index is 0.201. The Kier molecular flexibility index (Phi) is 4.42. The van der Waals surface area contributed by atoms with E-state index in [1.54, 1.807) is 0 Å².